The van der Waals surface area contributed by atoms with Crippen LogP contribution in [0.1, 0.15) is 12.5 Å². The van der Waals surface area contributed by atoms with Crippen molar-refractivity contribution in [2.45, 2.75) is 13.5 Å². The van der Waals surface area contributed by atoms with Gasteiger partial charge in [0.2, 0.25) is 0 Å². The minimum atomic E-state index is -0.237. The molecule has 27 heavy (non-hydrogen) atoms. The Hall–Kier alpha value is -2.03. The van der Waals surface area contributed by atoms with Crippen molar-refractivity contribution in [3.05, 3.63) is 59.9 Å². The van der Waals surface area contributed by atoms with Gasteiger partial charge in [-0.3, -0.25) is 0 Å². The maximum absolute atomic E-state index is 13.3. The largest absolute Gasteiger partial charge is 0.506 e. The maximum Gasteiger partial charge on any atom is 0.194 e. The highest BCUT2D eigenvalue weighted by Crippen LogP contribution is 2.27. The van der Waals surface area contributed by atoms with E-state index in [9.17, 15) is 9.50 Å². The van der Waals surface area contributed by atoms with Gasteiger partial charge in [-0.1, -0.05) is 24.3 Å². The van der Waals surface area contributed by atoms with Crippen molar-refractivity contribution < 1.29 is 9.50 Å². The summed E-state index contributed by atoms with van der Waals surface area (Å²) in [5.74, 6) is 0.917. The van der Waals surface area contributed by atoms with E-state index in [1.165, 1.54) is 12.1 Å². The molecular formula is C20H26FIN4O. The molecule has 7 heteroatoms. The molecule has 2 aromatic rings. The van der Waals surface area contributed by atoms with Crippen LogP contribution in [-0.4, -0.2) is 48.7 Å². The van der Waals surface area contributed by atoms with E-state index in [1.807, 2.05) is 31.2 Å². The van der Waals surface area contributed by atoms with Crippen LogP contribution < -0.4 is 10.2 Å². The van der Waals surface area contributed by atoms with E-state index in [-0.39, 0.29) is 29.8 Å². The first-order valence-corrected chi connectivity index (χ1v) is 8.98. The molecule has 0 atom stereocenters. The van der Waals surface area contributed by atoms with Crippen molar-refractivity contribution in [2.24, 2.45) is 4.99 Å². The summed E-state index contributed by atoms with van der Waals surface area (Å²) in [6.45, 7) is 6.49. The number of benzene rings is 2. The number of halogens is 2. The lowest BCUT2D eigenvalue weighted by molar-refractivity contribution is 0.369. The Morgan fingerprint density at radius 1 is 1.11 bits per heavy atom. The van der Waals surface area contributed by atoms with Gasteiger partial charge in [0.25, 0.3) is 0 Å². The Balaban J connectivity index is 0.00000261. The third kappa shape index (κ3) is 5.72. The summed E-state index contributed by atoms with van der Waals surface area (Å²) >= 11 is 0. The quantitative estimate of drug-likeness (QED) is 0.397. The van der Waals surface area contributed by atoms with Crippen molar-refractivity contribution in [3.63, 3.8) is 0 Å². The van der Waals surface area contributed by atoms with Crippen LogP contribution in [0.2, 0.25) is 0 Å². The van der Waals surface area contributed by atoms with Crippen LogP contribution in [0, 0.1) is 5.82 Å². The number of hydrogen-bond donors (Lipinski definition) is 2. The summed E-state index contributed by atoms with van der Waals surface area (Å²) in [6, 6.07) is 14.0. The number of anilines is 1. The molecule has 5 nitrogen and oxygen atoms in total. The summed E-state index contributed by atoms with van der Waals surface area (Å²) in [7, 11) is 0. The van der Waals surface area contributed by atoms with Crippen molar-refractivity contribution >= 4 is 35.6 Å². The highest BCUT2D eigenvalue weighted by atomic mass is 127. The summed E-state index contributed by atoms with van der Waals surface area (Å²) in [5, 5.41) is 13.4. The first kappa shape index (κ1) is 21.3. The van der Waals surface area contributed by atoms with Crippen LogP contribution in [0.15, 0.2) is 53.5 Å². The number of rotatable bonds is 4. The van der Waals surface area contributed by atoms with Crippen molar-refractivity contribution in [1.29, 1.82) is 0 Å². The van der Waals surface area contributed by atoms with Crippen LogP contribution in [0.3, 0.4) is 0 Å². The number of phenols is 1. The zero-order chi connectivity index (χ0) is 18.4. The predicted molar refractivity (Wildman–Crippen MR) is 119 cm³/mol. The minimum Gasteiger partial charge on any atom is -0.506 e. The predicted octanol–water partition coefficient (Wildman–Crippen LogP) is 3.44. The number of hydrogen-bond acceptors (Lipinski definition) is 3. The minimum absolute atomic E-state index is 0. The third-order valence-electron chi connectivity index (χ3n) is 4.44. The Labute approximate surface area is 176 Å². The van der Waals surface area contributed by atoms with Gasteiger partial charge in [-0.15, -0.1) is 24.0 Å². The lowest BCUT2D eigenvalue weighted by Gasteiger charge is -2.37. The van der Waals surface area contributed by atoms with E-state index in [4.69, 9.17) is 0 Å². The normalized spacial score (nSPS) is 14.7. The summed E-state index contributed by atoms with van der Waals surface area (Å²) in [6.07, 6.45) is 0. The smallest absolute Gasteiger partial charge is 0.194 e. The second-order valence-electron chi connectivity index (χ2n) is 6.26. The average molecular weight is 484 g/mol. The van der Waals surface area contributed by atoms with Gasteiger partial charge >= 0.3 is 0 Å². The maximum atomic E-state index is 13.3. The van der Waals surface area contributed by atoms with E-state index in [0.717, 1.165) is 49.9 Å². The molecule has 3 rings (SSSR count). The number of para-hydroxylation sites is 2. The van der Waals surface area contributed by atoms with Crippen LogP contribution in [0.4, 0.5) is 10.1 Å². The van der Waals surface area contributed by atoms with Gasteiger partial charge in [0.1, 0.15) is 11.6 Å². The monoisotopic (exact) mass is 484 g/mol. The molecule has 2 N–H and O–H groups in total. The fourth-order valence-electron chi connectivity index (χ4n) is 3.12. The molecule has 0 bridgehead atoms. The van der Waals surface area contributed by atoms with Gasteiger partial charge in [0.05, 0.1) is 12.2 Å². The van der Waals surface area contributed by atoms with Gasteiger partial charge < -0.3 is 20.2 Å². The molecule has 2 aromatic carbocycles. The van der Waals surface area contributed by atoms with Crippen LogP contribution >= 0.6 is 24.0 Å². The Morgan fingerprint density at radius 3 is 2.52 bits per heavy atom. The molecule has 146 valence electrons. The van der Waals surface area contributed by atoms with Crippen molar-refractivity contribution in [3.8, 4) is 5.75 Å². The van der Waals surface area contributed by atoms with Crippen LogP contribution in [-0.2, 0) is 6.54 Å². The molecule has 1 fully saturated rings. The van der Waals surface area contributed by atoms with E-state index in [2.05, 4.69) is 20.1 Å². The number of piperazine rings is 1. The molecule has 1 heterocycles. The van der Waals surface area contributed by atoms with Gasteiger partial charge in [-0.25, -0.2) is 9.38 Å². The fourth-order valence-corrected chi connectivity index (χ4v) is 3.12. The molecule has 1 aliphatic heterocycles. The van der Waals surface area contributed by atoms with E-state index in [0.29, 0.717) is 12.3 Å². The summed E-state index contributed by atoms with van der Waals surface area (Å²) in [4.78, 5) is 9.05. The lowest BCUT2D eigenvalue weighted by atomic mass is 10.2. The summed E-state index contributed by atoms with van der Waals surface area (Å²) < 4.78 is 13.3. The van der Waals surface area contributed by atoms with E-state index in [1.54, 1.807) is 12.1 Å². The topological polar surface area (TPSA) is 51.1 Å². The Morgan fingerprint density at radius 2 is 1.85 bits per heavy atom. The van der Waals surface area contributed by atoms with E-state index < -0.39 is 0 Å². The van der Waals surface area contributed by atoms with Crippen molar-refractivity contribution in [1.82, 2.24) is 10.2 Å². The second-order valence-corrected chi connectivity index (χ2v) is 6.26. The highest BCUT2D eigenvalue weighted by Gasteiger charge is 2.21. The average Bonchev–Trinajstić information content (AvgIpc) is 2.66. The number of aromatic hydroxyl groups is 1. The zero-order valence-corrected chi connectivity index (χ0v) is 17.8. The molecule has 0 spiro atoms. The first-order chi connectivity index (χ1) is 12.7. The van der Waals surface area contributed by atoms with Crippen molar-refractivity contribution in [2.75, 3.05) is 37.6 Å². The van der Waals surface area contributed by atoms with Gasteiger partial charge in [-0.2, -0.15) is 0 Å². The third-order valence-corrected chi connectivity index (χ3v) is 4.44. The first-order valence-electron chi connectivity index (χ1n) is 8.98. The van der Waals surface area contributed by atoms with Crippen LogP contribution in [0.5, 0.6) is 5.75 Å². The standard InChI is InChI=1S/C20H25FN4O.HI/c1-2-22-20(23-15-16-6-5-7-17(21)14-16)25-12-10-24(11-13-25)18-8-3-4-9-19(18)26;/h3-9,14,26H,2,10-13,15H2,1H3,(H,22,23);1H. The molecule has 1 saturated heterocycles. The Kier molecular flexibility index (Phi) is 8.15. The number of nitrogens with zero attached hydrogens (tertiary/aromatic N) is 3. The van der Waals surface area contributed by atoms with E-state index >= 15 is 0 Å². The van der Waals surface area contributed by atoms with Gasteiger partial charge in [0.15, 0.2) is 5.96 Å². The molecule has 0 aromatic heterocycles. The SMILES string of the molecule is CCNC(=NCc1cccc(F)c1)N1CCN(c2ccccc2O)CC1.I. The Bertz CT molecular complexity index is 763. The van der Waals surface area contributed by atoms with Gasteiger partial charge in [0, 0.05) is 32.7 Å². The summed E-state index contributed by atoms with van der Waals surface area (Å²) in [5.41, 5.74) is 1.72. The molecular weight excluding hydrogens is 458 g/mol. The lowest BCUT2D eigenvalue weighted by Crippen LogP contribution is -2.52. The molecule has 0 saturated carbocycles. The number of phenolic OH excluding ortho intramolecular Hbond substituents is 1. The zero-order valence-electron chi connectivity index (χ0n) is 15.4. The van der Waals surface area contributed by atoms with Crippen LogP contribution in [0.25, 0.3) is 0 Å². The molecule has 0 unspecified atom stereocenters. The second kappa shape index (κ2) is 10.3. The highest BCUT2D eigenvalue weighted by molar-refractivity contribution is 14.0. The fraction of sp³-hybridized carbons (Fsp3) is 0.350. The number of guanidine groups is 1. The van der Waals surface area contributed by atoms with Gasteiger partial charge in [-0.05, 0) is 36.8 Å². The number of aliphatic imine (C=N–C) groups is 1. The molecule has 0 radical (unpaired) electrons. The number of nitrogens with one attached hydrogen (secondary N) is 1. The molecule has 1 aliphatic rings. The molecule has 0 amide bonds. The molecule has 0 aliphatic carbocycles.